The van der Waals surface area contributed by atoms with Gasteiger partial charge in [0.05, 0.1) is 5.92 Å². The molecule has 0 saturated heterocycles. The molecule has 0 heterocycles. The fourth-order valence-corrected chi connectivity index (χ4v) is 1.49. The predicted octanol–water partition coefficient (Wildman–Crippen LogP) is 0.0156. The van der Waals surface area contributed by atoms with Gasteiger partial charge in [-0.2, -0.15) is 0 Å². The molecule has 0 aromatic rings. The average Bonchev–Trinajstić information content (AvgIpc) is 3.12. The molecule has 3 N–H and O–H groups in total. The second kappa shape index (κ2) is 6.40. The summed E-state index contributed by atoms with van der Waals surface area (Å²) >= 11 is 0. The number of hydrogen-bond acceptors (Lipinski definition) is 3. The monoisotopic (exact) mass is 271 g/mol. The smallest absolute Gasteiger partial charge is 0.317 e. The molecule has 7 nitrogen and oxygen atoms in total. The van der Waals surface area contributed by atoms with Crippen LogP contribution >= 0.6 is 0 Å². The van der Waals surface area contributed by atoms with E-state index in [1.165, 1.54) is 18.9 Å². The van der Waals surface area contributed by atoms with Crippen LogP contribution in [-0.2, 0) is 9.59 Å². The Labute approximate surface area is 112 Å². The van der Waals surface area contributed by atoms with E-state index in [0.717, 1.165) is 12.8 Å². The summed E-state index contributed by atoms with van der Waals surface area (Å²) in [5.41, 5.74) is 0. The molecule has 1 fully saturated rings. The zero-order valence-electron chi connectivity index (χ0n) is 11.5. The van der Waals surface area contributed by atoms with Crippen LogP contribution in [0.15, 0.2) is 0 Å². The minimum absolute atomic E-state index is 0.0954. The summed E-state index contributed by atoms with van der Waals surface area (Å²) in [6.45, 7) is 3.22. The lowest BCUT2D eigenvalue weighted by Gasteiger charge is -2.22. The number of carbonyl (C=O) groups is 3. The van der Waals surface area contributed by atoms with Gasteiger partial charge in [-0.25, -0.2) is 4.79 Å². The number of nitrogens with zero attached hydrogens (tertiary/aromatic N) is 1. The number of rotatable bonds is 6. The van der Waals surface area contributed by atoms with Crippen molar-refractivity contribution in [1.29, 1.82) is 0 Å². The molecule has 7 heteroatoms. The molecular weight excluding hydrogens is 250 g/mol. The Balaban J connectivity index is 2.35. The molecule has 0 aliphatic heterocycles. The lowest BCUT2D eigenvalue weighted by molar-refractivity contribution is -0.141. The van der Waals surface area contributed by atoms with Gasteiger partial charge in [0.15, 0.2) is 0 Å². The van der Waals surface area contributed by atoms with Crippen LogP contribution < -0.4 is 10.6 Å². The van der Waals surface area contributed by atoms with Crippen LogP contribution in [0, 0.1) is 5.92 Å². The Morgan fingerprint density at radius 3 is 2.37 bits per heavy atom. The van der Waals surface area contributed by atoms with Crippen LogP contribution in [0.1, 0.15) is 26.7 Å². The molecule has 19 heavy (non-hydrogen) atoms. The van der Waals surface area contributed by atoms with E-state index in [1.807, 2.05) is 0 Å². The van der Waals surface area contributed by atoms with Crippen LogP contribution in [0.4, 0.5) is 4.79 Å². The second-order valence-corrected chi connectivity index (χ2v) is 5.07. The molecule has 0 radical (unpaired) electrons. The third-order valence-electron chi connectivity index (χ3n) is 2.97. The van der Waals surface area contributed by atoms with Crippen molar-refractivity contribution in [3.8, 4) is 0 Å². The summed E-state index contributed by atoms with van der Waals surface area (Å²) in [7, 11) is 1.50. The summed E-state index contributed by atoms with van der Waals surface area (Å²) in [5, 5.41) is 14.1. The third kappa shape index (κ3) is 5.15. The minimum atomic E-state index is -0.959. The lowest BCUT2D eigenvalue weighted by Crippen LogP contribution is -2.50. The number of aliphatic carboxylic acids is 1. The van der Waals surface area contributed by atoms with E-state index >= 15 is 0 Å². The Morgan fingerprint density at radius 1 is 1.32 bits per heavy atom. The van der Waals surface area contributed by atoms with Crippen LogP contribution in [0.5, 0.6) is 0 Å². The Bertz CT molecular complexity index is 368. The van der Waals surface area contributed by atoms with Gasteiger partial charge in [0.25, 0.3) is 0 Å². The molecule has 2 atom stereocenters. The van der Waals surface area contributed by atoms with Gasteiger partial charge in [0.1, 0.15) is 6.04 Å². The molecule has 0 spiro atoms. The number of urea groups is 1. The van der Waals surface area contributed by atoms with E-state index in [4.69, 9.17) is 5.11 Å². The van der Waals surface area contributed by atoms with Gasteiger partial charge in [-0.15, -0.1) is 0 Å². The van der Waals surface area contributed by atoms with Gasteiger partial charge in [0.2, 0.25) is 5.91 Å². The number of carboxylic acid groups (broad SMARTS) is 1. The fourth-order valence-electron chi connectivity index (χ4n) is 1.49. The largest absolute Gasteiger partial charge is 0.481 e. The van der Waals surface area contributed by atoms with Gasteiger partial charge in [-0.1, -0.05) is 6.92 Å². The number of carbonyl (C=O) groups excluding carboxylic acids is 2. The van der Waals surface area contributed by atoms with Crippen LogP contribution in [-0.4, -0.2) is 53.6 Å². The van der Waals surface area contributed by atoms with Crippen molar-refractivity contribution >= 4 is 17.9 Å². The number of carboxylic acids is 1. The Hall–Kier alpha value is -1.79. The SMILES string of the molecule is CC(CN(C)C(=O)NC(C)C(=O)NC1CC1)C(=O)O. The van der Waals surface area contributed by atoms with E-state index in [-0.39, 0.29) is 18.5 Å². The standard InChI is InChI=1S/C12H21N3O4/c1-7(11(17)18)6-15(3)12(19)13-8(2)10(16)14-9-4-5-9/h7-9H,4-6H2,1-3H3,(H,13,19)(H,14,16)(H,17,18). The molecular formula is C12H21N3O4. The molecule has 0 aromatic heterocycles. The molecule has 2 unspecified atom stereocenters. The average molecular weight is 271 g/mol. The maximum absolute atomic E-state index is 11.8. The highest BCUT2D eigenvalue weighted by atomic mass is 16.4. The highest BCUT2D eigenvalue weighted by molar-refractivity contribution is 5.87. The molecule has 1 aliphatic carbocycles. The molecule has 0 aromatic carbocycles. The van der Waals surface area contributed by atoms with Gasteiger partial charge in [-0.3, -0.25) is 9.59 Å². The van der Waals surface area contributed by atoms with Crippen LogP contribution in [0.2, 0.25) is 0 Å². The van der Waals surface area contributed by atoms with Crippen molar-refractivity contribution in [2.75, 3.05) is 13.6 Å². The van der Waals surface area contributed by atoms with Crippen molar-refractivity contribution in [3.05, 3.63) is 0 Å². The van der Waals surface area contributed by atoms with Gasteiger partial charge in [0, 0.05) is 19.6 Å². The Morgan fingerprint density at radius 2 is 1.89 bits per heavy atom. The molecule has 1 aliphatic rings. The lowest BCUT2D eigenvalue weighted by atomic mass is 10.2. The first-order valence-corrected chi connectivity index (χ1v) is 6.36. The van der Waals surface area contributed by atoms with Crippen molar-refractivity contribution in [3.63, 3.8) is 0 Å². The first-order chi connectivity index (χ1) is 8.81. The highest BCUT2D eigenvalue weighted by Gasteiger charge is 2.27. The summed E-state index contributed by atoms with van der Waals surface area (Å²) < 4.78 is 0. The van der Waals surface area contributed by atoms with Crippen molar-refractivity contribution in [1.82, 2.24) is 15.5 Å². The van der Waals surface area contributed by atoms with Gasteiger partial charge in [-0.05, 0) is 19.8 Å². The van der Waals surface area contributed by atoms with Crippen molar-refractivity contribution in [2.24, 2.45) is 5.92 Å². The fraction of sp³-hybridized carbons (Fsp3) is 0.750. The molecule has 108 valence electrons. The highest BCUT2D eigenvalue weighted by Crippen LogP contribution is 2.18. The van der Waals surface area contributed by atoms with Crippen molar-refractivity contribution in [2.45, 2.75) is 38.8 Å². The third-order valence-corrected chi connectivity index (χ3v) is 2.97. The first kappa shape index (κ1) is 15.3. The van der Waals surface area contributed by atoms with Crippen LogP contribution in [0.3, 0.4) is 0 Å². The molecule has 1 rings (SSSR count). The molecule has 0 bridgehead atoms. The predicted molar refractivity (Wildman–Crippen MR) is 68.6 cm³/mol. The summed E-state index contributed by atoms with van der Waals surface area (Å²) in [6, 6.07) is -0.834. The second-order valence-electron chi connectivity index (χ2n) is 5.07. The van der Waals surface area contributed by atoms with Crippen molar-refractivity contribution < 1.29 is 19.5 Å². The zero-order valence-corrected chi connectivity index (χ0v) is 11.5. The minimum Gasteiger partial charge on any atom is -0.481 e. The zero-order chi connectivity index (χ0) is 14.6. The van der Waals surface area contributed by atoms with Crippen LogP contribution in [0.25, 0.3) is 0 Å². The number of hydrogen-bond donors (Lipinski definition) is 3. The quantitative estimate of drug-likeness (QED) is 0.634. The number of nitrogens with one attached hydrogen (secondary N) is 2. The maximum atomic E-state index is 11.8. The summed E-state index contributed by atoms with van der Waals surface area (Å²) in [4.78, 5) is 35.4. The number of amides is 3. The summed E-state index contributed by atoms with van der Waals surface area (Å²) in [6.07, 6.45) is 1.98. The van der Waals surface area contributed by atoms with E-state index in [0.29, 0.717) is 0 Å². The van der Waals surface area contributed by atoms with E-state index < -0.39 is 24.0 Å². The topological polar surface area (TPSA) is 98.7 Å². The van der Waals surface area contributed by atoms with E-state index in [2.05, 4.69) is 10.6 Å². The molecule has 3 amide bonds. The Kier molecular flexibility index (Phi) is 5.14. The summed E-state index contributed by atoms with van der Waals surface area (Å²) in [5.74, 6) is -1.82. The normalized spacial score (nSPS) is 17.2. The van der Waals surface area contributed by atoms with E-state index in [9.17, 15) is 14.4 Å². The van der Waals surface area contributed by atoms with E-state index in [1.54, 1.807) is 6.92 Å². The molecule has 1 saturated carbocycles. The van der Waals surface area contributed by atoms with Gasteiger partial charge < -0.3 is 20.6 Å². The maximum Gasteiger partial charge on any atom is 0.317 e. The van der Waals surface area contributed by atoms with Gasteiger partial charge >= 0.3 is 12.0 Å². The first-order valence-electron chi connectivity index (χ1n) is 6.36.